The fraction of sp³-hybridized carbons (Fsp3) is 0.533. The molecule has 0 spiro atoms. The Morgan fingerprint density at radius 1 is 1.22 bits per heavy atom. The van der Waals surface area contributed by atoms with Gasteiger partial charge in [0.1, 0.15) is 11.5 Å². The minimum Gasteiger partial charge on any atom is -0.497 e. The molecule has 0 atom stereocenters. The Hall–Kier alpha value is -1.51. The molecule has 0 aliphatic rings. The van der Waals surface area contributed by atoms with Crippen molar-refractivity contribution in [2.24, 2.45) is 5.92 Å². The lowest BCUT2D eigenvalue weighted by molar-refractivity contribution is 0.0975. The molecule has 0 saturated heterocycles. The average Bonchev–Trinajstić information content (AvgIpc) is 2.37. The zero-order chi connectivity index (χ0) is 13.5. The molecule has 3 heteroatoms. The van der Waals surface area contributed by atoms with E-state index in [0.29, 0.717) is 29.4 Å². The van der Waals surface area contributed by atoms with E-state index in [2.05, 4.69) is 13.8 Å². The fourth-order valence-electron chi connectivity index (χ4n) is 1.83. The number of Topliss-reactive ketones (excluding diaryl/α,β-unsaturated/α-hetero) is 1. The number of ether oxygens (including phenoxy) is 2. The van der Waals surface area contributed by atoms with Gasteiger partial charge < -0.3 is 9.47 Å². The van der Waals surface area contributed by atoms with E-state index in [9.17, 15) is 4.79 Å². The zero-order valence-electron chi connectivity index (χ0n) is 11.7. The molecule has 0 bridgehead atoms. The smallest absolute Gasteiger partial charge is 0.166 e. The Balaban J connectivity index is 2.72. The maximum Gasteiger partial charge on any atom is 0.166 e. The summed E-state index contributed by atoms with van der Waals surface area (Å²) in [5.74, 6) is 2.06. The second-order valence-corrected chi connectivity index (χ2v) is 4.78. The number of ketones is 1. The van der Waals surface area contributed by atoms with E-state index < -0.39 is 0 Å². The summed E-state index contributed by atoms with van der Waals surface area (Å²) in [6.45, 7) is 4.33. The SMILES string of the molecule is COc1ccc(C(=O)CCCC(C)C)c(OC)c1. The predicted octanol–water partition coefficient (Wildman–Crippen LogP) is 3.71. The lowest BCUT2D eigenvalue weighted by atomic mass is 10.0. The van der Waals surface area contributed by atoms with Crippen LogP contribution in [0.2, 0.25) is 0 Å². The molecule has 0 radical (unpaired) electrons. The van der Waals surface area contributed by atoms with Crippen molar-refractivity contribution in [3.8, 4) is 11.5 Å². The van der Waals surface area contributed by atoms with Crippen LogP contribution in [0.4, 0.5) is 0 Å². The Kier molecular flexibility index (Phi) is 5.69. The van der Waals surface area contributed by atoms with Crippen molar-refractivity contribution in [1.82, 2.24) is 0 Å². The molecule has 3 nitrogen and oxygen atoms in total. The third-order valence-electron chi connectivity index (χ3n) is 2.89. The van der Waals surface area contributed by atoms with Gasteiger partial charge in [-0.25, -0.2) is 0 Å². The van der Waals surface area contributed by atoms with Gasteiger partial charge in [0.25, 0.3) is 0 Å². The second kappa shape index (κ2) is 7.04. The highest BCUT2D eigenvalue weighted by Crippen LogP contribution is 2.26. The molecule has 0 N–H and O–H groups in total. The highest BCUT2D eigenvalue weighted by Gasteiger charge is 2.13. The van der Waals surface area contributed by atoms with Gasteiger partial charge in [0, 0.05) is 12.5 Å². The van der Waals surface area contributed by atoms with Gasteiger partial charge in [-0.15, -0.1) is 0 Å². The van der Waals surface area contributed by atoms with E-state index in [4.69, 9.17) is 9.47 Å². The largest absolute Gasteiger partial charge is 0.497 e. The highest BCUT2D eigenvalue weighted by molar-refractivity contribution is 5.98. The van der Waals surface area contributed by atoms with Gasteiger partial charge in [0.15, 0.2) is 5.78 Å². The second-order valence-electron chi connectivity index (χ2n) is 4.78. The lowest BCUT2D eigenvalue weighted by Crippen LogP contribution is -2.03. The first kappa shape index (κ1) is 14.6. The van der Waals surface area contributed by atoms with E-state index in [1.165, 1.54) is 0 Å². The quantitative estimate of drug-likeness (QED) is 0.692. The zero-order valence-corrected chi connectivity index (χ0v) is 11.7. The Morgan fingerprint density at radius 2 is 1.94 bits per heavy atom. The van der Waals surface area contributed by atoms with Crippen molar-refractivity contribution >= 4 is 5.78 Å². The number of rotatable bonds is 7. The third kappa shape index (κ3) is 4.06. The summed E-state index contributed by atoms with van der Waals surface area (Å²) in [5.41, 5.74) is 0.641. The summed E-state index contributed by atoms with van der Waals surface area (Å²) in [5, 5.41) is 0. The molecule has 0 amide bonds. The van der Waals surface area contributed by atoms with Crippen molar-refractivity contribution in [2.75, 3.05) is 14.2 Å². The van der Waals surface area contributed by atoms with Crippen molar-refractivity contribution < 1.29 is 14.3 Å². The monoisotopic (exact) mass is 250 g/mol. The van der Waals surface area contributed by atoms with Crippen LogP contribution in [-0.2, 0) is 0 Å². The minimum atomic E-state index is 0.134. The summed E-state index contributed by atoms with van der Waals surface area (Å²) in [4.78, 5) is 12.1. The summed E-state index contributed by atoms with van der Waals surface area (Å²) < 4.78 is 10.3. The number of methoxy groups -OCH3 is 2. The molecular weight excluding hydrogens is 228 g/mol. The molecule has 0 saturated carbocycles. The van der Waals surface area contributed by atoms with Gasteiger partial charge in [-0.2, -0.15) is 0 Å². The van der Waals surface area contributed by atoms with Gasteiger partial charge in [-0.05, 0) is 24.5 Å². The van der Waals surface area contributed by atoms with E-state index in [1.807, 2.05) is 0 Å². The molecule has 0 aromatic heterocycles. The van der Waals surface area contributed by atoms with Gasteiger partial charge in [-0.3, -0.25) is 4.79 Å². The van der Waals surface area contributed by atoms with Gasteiger partial charge >= 0.3 is 0 Å². The van der Waals surface area contributed by atoms with Crippen LogP contribution >= 0.6 is 0 Å². The first-order valence-electron chi connectivity index (χ1n) is 6.33. The van der Waals surface area contributed by atoms with Crippen LogP contribution in [0.15, 0.2) is 18.2 Å². The van der Waals surface area contributed by atoms with E-state index in [0.717, 1.165) is 12.8 Å². The summed E-state index contributed by atoms with van der Waals surface area (Å²) in [7, 11) is 3.17. The Bertz CT molecular complexity index is 397. The van der Waals surface area contributed by atoms with Crippen molar-refractivity contribution in [3.05, 3.63) is 23.8 Å². The highest BCUT2D eigenvalue weighted by atomic mass is 16.5. The molecule has 1 aromatic rings. The number of benzene rings is 1. The Morgan fingerprint density at radius 3 is 2.50 bits per heavy atom. The minimum absolute atomic E-state index is 0.134. The number of carbonyl (C=O) groups excluding carboxylic acids is 1. The molecule has 100 valence electrons. The average molecular weight is 250 g/mol. The molecule has 18 heavy (non-hydrogen) atoms. The summed E-state index contributed by atoms with van der Waals surface area (Å²) in [6.07, 6.45) is 2.57. The lowest BCUT2D eigenvalue weighted by Gasteiger charge is -2.10. The van der Waals surface area contributed by atoms with Gasteiger partial charge in [0.05, 0.1) is 19.8 Å². The van der Waals surface area contributed by atoms with E-state index in [-0.39, 0.29) is 5.78 Å². The molecule has 1 aromatic carbocycles. The number of hydrogen-bond acceptors (Lipinski definition) is 3. The van der Waals surface area contributed by atoms with Crippen LogP contribution < -0.4 is 9.47 Å². The number of carbonyl (C=O) groups is 1. The van der Waals surface area contributed by atoms with Crippen LogP contribution in [0.3, 0.4) is 0 Å². The van der Waals surface area contributed by atoms with Crippen LogP contribution in [-0.4, -0.2) is 20.0 Å². The van der Waals surface area contributed by atoms with Crippen LogP contribution in [0.1, 0.15) is 43.5 Å². The first-order valence-corrected chi connectivity index (χ1v) is 6.33. The normalized spacial score (nSPS) is 10.5. The maximum absolute atomic E-state index is 12.1. The summed E-state index contributed by atoms with van der Waals surface area (Å²) in [6, 6.07) is 5.31. The molecular formula is C15H22O3. The topological polar surface area (TPSA) is 35.5 Å². The summed E-state index contributed by atoms with van der Waals surface area (Å²) >= 11 is 0. The van der Waals surface area contributed by atoms with Gasteiger partial charge in [-0.1, -0.05) is 20.3 Å². The fourth-order valence-corrected chi connectivity index (χ4v) is 1.83. The van der Waals surface area contributed by atoms with Crippen molar-refractivity contribution in [2.45, 2.75) is 33.1 Å². The van der Waals surface area contributed by atoms with E-state index >= 15 is 0 Å². The van der Waals surface area contributed by atoms with Crippen molar-refractivity contribution in [1.29, 1.82) is 0 Å². The Labute approximate surface area is 109 Å². The molecule has 0 fully saturated rings. The van der Waals surface area contributed by atoms with Crippen LogP contribution in [0.25, 0.3) is 0 Å². The van der Waals surface area contributed by atoms with Gasteiger partial charge in [0.2, 0.25) is 0 Å². The van der Waals surface area contributed by atoms with Crippen LogP contribution in [0, 0.1) is 5.92 Å². The molecule has 0 aliphatic carbocycles. The van der Waals surface area contributed by atoms with E-state index in [1.54, 1.807) is 32.4 Å². The maximum atomic E-state index is 12.1. The molecule has 0 unspecified atom stereocenters. The van der Waals surface area contributed by atoms with Crippen LogP contribution in [0.5, 0.6) is 11.5 Å². The first-order chi connectivity index (χ1) is 8.58. The van der Waals surface area contributed by atoms with Crippen molar-refractivity contribution in [3.63, 3.8) is 0 Å². The third-order valence-corrected chi connectivity index (χ3v) is 2.89. The standard InChI is InChI=1S/C15H22O3/c1-11(2)6-5-7-14(16)13-9-8-12(17-3)10-15(13)18-4/h8-11H,5-7H2,1-4H3. The predicted molar refractivity (Wildman–Crippen MR) is 72.6 cm³/mol. The number of hydrogen-bond donors (Lipinski definition) is 0. The molecule has 0 heterocycles. The molecule has 0 aliphatic heterocycles. The molecule has 1 rings (SSSR count).